The van der Waals surface area contributed by atoms with E-state index < -0.39 is 0 Å². The van der Waals surface area contributed by atoms with Gasteiger partial charge in [-0.2, -0.15) is 0 Å². The van der Waals surface area contributed by atoms with Gasteiger partial charge in [0.05, 0.1) is 11.0 Å². The molecule has 0 N–H and O–H groups in total. The van der Waals surface area contributed by atoms with E-state index in [4.69, 9.17) is 0 Å². The van der Waals surface area contributed by atoms with Gasteiger partial charge in [-0.25, -0.2) is 0 Å². The highest BCUT2D eigenvalue weighted by atomic mass is 15.0. The molecule has 3 aromatic heterocycles. The second-order valence-corrected chi connectivity index (χ2v) is 4.49. The van der Waals surface area contributed by atoms with Crippen molar-refractivity contribution in [1.29, 1.82) is 0 Å². The SMILES string of the molecule is c1ccc(-c2cc3c4cccn4ccn3c2)cc1. The van der Waals surface area contributed by atoms with Crippen LogP contribution < -0.4 is 0 Å². The van der Waals surface area contributed by atoms with Crippen LogP contribution in [-0.4, -0.2) is 8.80 Å². The second-order valence-electron chi connectivity index (χ2n) is 4.49. The van der Waals surface area contributed by atoms with E-state index >= 15 is 0 Å². The van der Waals surface area contributed by atoms with Crippen molar-refractivity contribution in [3.05, 3.63) is 73.3 Å². The maximum atomic E-state index is 2.24. The van der Waals surface area contributed by atoms with Gasteiger partial charge in [-0.1, -0.05) is 30.3 Å². The molecule has 0 radical (unpaired) electrons. The molecule has 2 heteroatoms. The van der Waals surface area contributed by atoms with Crippen LogP contribution in [0.15, 0.2) is 73.3 Å². The summed E-state index contributed by atoms with van der Waals surface area (Å²) in [5.74, 6) is 0. The summed E-state index contributed by atoms with van der Waals surface area (Å²) in [5, 5.41) is 0. The van der Waals surface area contributed by atoms with Gasteiger partial charge in [-0.05, 0) is 23.8 Å². The van der Waals surface area contributed by atoms with Gasteiger partial charge >= 0.3 is 0 Å². The van der Waals surface area contributed by atoms with Gasteiger partial charge in [-0.15, -0.1) is 0 Å². The number of fused-ring (bicyclic) bond motifs is 3. The molecule has 0 unspecified atom stereocenters. The highest BCUT2D eigenvalue weighted by Crippen LogP contribution is 2.24. The van der Waals surface area contributed by atoms with E-state index in [2.05, 4.69) is 76.1 Å². The highest BCUT2D eigenvalue weighted by molar-refractivity contribution is 5.81. The van der Waals surface area contributed by atoms with Gasteiger partial charge in [0.1, 0.15) is 0 Å². The molecule has 0 aliphatic heterocycles. The van der Waals surface area contributed by atoms with Crippen molar-refractivity contribution in [2.75, 3.05) is 0 Å². The summed E-state index contributed by atoms with van der Waals surface area (Å²) in [7, 11) is 0. The van der Waals surface area contributed by atoms with Gasteiger partial charge in [0.2, 0.25) is 0 Å². The van der Waals surface area contributed by atoms with E-state index in [0.29, 0.717) is 0 Å². The first kappa shape index (κ1) is 9.54. The molecule has 18 heavy (non-hydrogen) atoms. The topological polar surface area (TPSA) is 8.82 Å². The Morgan fingerprint density at radius 2 is 1.44 bits per heavy atom. The fraction of sp³-hybridized carbons (Fsp3) is 0. The van der Waals surface area contributed by atoms with Gasteiger partial charge in [0, 0.05) is 30.4 Å². The van der Waals surface area contributed by atoms with Crippen LogP contribution in [0.4, 0.5) is 0 Å². The maximum absolute atomic E-state index is 2.24. The van der Waals surface area contributed by atoms with Crippen molar-refractivity contribution in [2.24, 2.45) is 0 Å². The molecule has 0 amide bonds. The number of nitrogens with zero attached hydrogens (tertiary/aromatic N) is 2. The van der Waals surface area contributed by atoms with Crippen LogP contribution in [0, 0.1) is 0 Å². The molecule has 4 aromatic rings. The lowest BCUT2D eigenvalue weighted by Gasteiger charge is -1.97. The molecule has 2 nitrogen and oxygen atoms in total. The van der Waals surface area contributed by atoms with Crippen LogP contribution in [0.2, 0.25) is 0 Å². The summed E-state index contributed by atoms with van der Waals surface area (Å²) in [6, 6.07) is 16.9. The van der Waals surface area contributed by atoms with Crippen LogP contribution in [0.1, 0.15) is 0 Å². The minimum absolute atomic E-state index is 1.24. The fourth-order valence-electron chi connectivity index (χ4n) is 2.48. The number of rotatable bonds is 1. The van der Waals surface area contributed by atoms with Crippen molar-refractivity contribution in [3.8, 4) is 11.1 Å². The number of benzene rings is 1. The van der Waals surface area contributed by atoms with Gasteiger partial charge in [0.25, 0.3) is 0 Å². The minimum Gasteiger partial charge on any atom is -0.320 e. The fourth-order valence-corrected chi connectivity index (χ4v) is 2.48. The zero-order valence-corrected chi connectivity index (χ0v) is 9.82. The van der Waals surface area contributed by atoms with Crippen molar-refractivity contribution in [2.45, 2.75) is 0 Å². The first-order valence-electron chi connectivity index (χ1n) is 6.05. The summed E-state index contributed by atoms with van der Waals surface area (Å²) in [4.78, 5) is 0. The molecule has 1 aromatic carbocycles. The average molecular weight is 232 g/mol. The predicted molar refractivity (Wildman–Crippen MR) is 73.8 cm³/mol. The summed E-state index contributed by atoms with van der Waals surface area (Å²) in [5.41, 5.74) is 4.98. The Morgan fingerprint density at radius 3 is 2.33 bits per heavy atom. The van der Waals surface area contributed by atoms with E-state index in [1.165, 1.54) is 22.2 Å². The van der Waals surface area contributed by atoms with E-state index in [-0.39, 0.29) is 0 Å². The number of hydrogen-bond donors (Lipinski definition) is 0. The van der Waals surface area contributed by atoms with Crippen LogP contribution in [0.25, 0.3) is 22.2 Å². The summed E-state index contributed by atoms with van der Waals surface area (Å²) >= 11 is 0. The molecule has 0 saturated carbocycles. The van der Waals surface area contributed by atoms with Gasteiger partial charge in [0.15, 0.2) is 0 Å². The molecule has 3 heterocycles. The van der Waals surface area contributed by atoms with Crippen LogP contribution in [0.5, 0.6) is 0 Å². The van der Waals surface area contributed by atoms with Gasteiger partial charge in [-0.3, -0.25) is 0 Å². The third kappa shape index (κ3) is 1.29. The standard InChI is InChI=1S/C16H12N2/c1-2-5-13(6-3-1)14-11-16-15-7-4-8-17(15)9-10-18(16)12-14/h1-12H. The first-order valence-corrected chi connectivity index (χ1v) is 6.05. The monoisotopic (exact) mass is 232 g/mol. The van der Waals surface area contributed by atoms with E-state index in [1.807, 2.05) is 6.07 Å². The predicted octanol–water partition coefficient (Wildman–Crippen LogP) is 3.86. The van der Waals surface area contributed by atoms with Crippen LogP contribution >= 0.6 is 0 Å². The van der Waals surface area contributed by atoms with E-state index in [9.17, 15) is 0 Å². The molecule has 0 atom stereocenters. The molecule has 0 saturated heterocycles. The van der Waals surface area contributed by atoms with Crippen LogP contribution in [-0.2, 0) is 0 Å². The van der Waals surface area contributed by atoms with Crippen molar-refractivity contribution in [1.82, 2.24) is 8.80 Å². The zero-order valence-electron chi connectivity index (χ0n) is 9.82. The minimum atomic E-state index is 1.24. The van der Waals surface area contributed by atoms with Crippen molar-refractivity contribution in [3.63, 3.8) is 0 Å². The zero-order chi connectivity index (χ0) is 11.9. The summed E-state index contributed by atoms with van der Waals surface area (Å²) < 4.78 is 4.32. The first-order chi connectivity index (χ1) is 8.92. The molecule has 0 fully saturated rings. The lowest BCUT2D eigenvalue weighted by Crippen LogP contribution is -1.87. The molecule has 0 bridgehead atoms. The molecular weight excluding hydrogens is 220 g/mol. The molecule has 0 aliphatic rings. The maximum Gasteiger partial charge on any atom is 0.0699 e. The largest absolute Gasteiger partial charge is 0.320 e. The summed E-state index contributed by atoms with van der Waals surface area (Å²) in [6.07, 6.45) is 8.42. The average Bonchev–Trinajstić information content (AvgIpc) is 3.05. The highest BCUT2D eigenvalue weighted by Gasteiger charge is 2.04. The molecule has 4 rings (SSSR count). The summed E-state index contributed by atoms with van der Waals surface area (Å²) in [6.45, 7) is 0. The Labute approximate surface area is 105 Å². The third-order valence-corrected chi connectivity index (χ3v) is 3.38. The Hall–Kier alpha value is -2.48. The second kappa shape index (κ2) is 3.50. The Morgan fingerprint density at radius 1 is 0.611 bits per heavy atom. The molecule has 0 aliphatic carbocycles. The van der Waals surface area contributed by atoms with E-state index in [1.54, 1.807) is 0 Å². The lowest BCUT2D eigenvalue weighted by molar-refractivity contribution is 1.11. The quantitative estimate of drug-likeness (QED) is 0.471. The molecule has 0 spiro atoms. The smallest absolute Gasteiger partial charge is 0.0699 e. The normalized spacial score (nSPS) is 11.3. The van der Waals surface area contributed by atoms with E-state index in [0.717, 1.165) is 0 Å². The van der Waals surface area contributed by atoms with Crippen molar-refractivity contribution < 1.29 is 0 Å². The van der Waals surface area contributed by atoms with Crippen molar-refractivity contribution >= 4 is 11.0 Å². The van der Waals surface area contributed by atoms with Gasteiger partial charge < -0.3 is 8.80 Å². The Balaban J connectivity index is 2.04. The number of aromatic nitrogens is 2. The lowest BCUT2D eigenvalue weighted by atomic mass is 10.1. The third-order valence-electron chi connectivity index (χ3n) is 3.38. The Bertz CT molecular complexity index is 822. The molecular formula is C16H12N2. The van der Waals surface area contributed by atoms with Crippen LogP contribution in [0.3, 0.4) is 0 Å². The number of hydrogen-bond acceptors (Lipinski definition) is 0. The molecule has 86 valence electrons. The Kier molecular flexibility index (Phi) is 1.86.